The van der Waals surface area contributed by atoms with Crippen LogP contribution < -0.4 is 0 Å². The maximum Gasteiger partial charge on any atom is 0.132 e. The molecule has 1 aromatic heterocycles. The zero-order valence-corrected chi connectivity index (χ0v) is 11.6. The molecule has 0 aromatic carbocycles. The Hall–Kier alpha value is -1.18. The van der Waals surface area contributed by atoms with Crippen molar-refractivity contribution in [3.05, 3.63) is 29.6 Å². The lowest BCUT2D eigenvalue weighted by Gasteiger charge is -2.27. The average Bonchev–Trinajstić information content (AvgIpc) is 2.39. The van der Waals surface area contributed by atoms with Crippen molar-refractivity contribution in [2.24, 2.45) is 5.92 Å². The third-order valence-corrected chi connectivity index (χ3v) is 4.10. The summed E-state index contributed by atoms with van der Waals surface area (Å²) in [5, 5.41) is 0. The van der Waals surface area contributed by atoms with Crippen LogP contribution in [0, 0.1) is 5.92 Å². The molecule has 0 unspecified atom stereocenters. The van der Waals surface area contributed by atoms with Crippen LogP contribution in [0.4, 0.5) is 0 Å². The van der Waals surface area contributed by atoms with Gasteiger partial charge in [-0.05, 0) is 50.7 Å². The molecule has 1 saturated carbocycles. The van der Waals surface area contributed by atoms with Crippen molar-refractivity contribution in [1.29, 1.82) is 0 Å². The highest BCUT2D eigenvalue weighted by atomic mass is 16.1. The average molecular weight is 245 g/mol. The number of hydrogen-bond acceptors (Lipinski definition) is 2. The van der Waals surface area contributed by atoms with Gasteiger partial charge in [-0.1, -0.05) is 19.9 Å². The van der Waals surface area contributed by atoms with Crippen LogP contribution in [0.5, 0.6) is 0 Å². The molecule has 1 aliphatic carbocycles. The molecule has 2 heteroatoms. The first kappa shape index (κ1) is 13.3. The third-order valence-electron chi connectivity index (χ3n) is 4.10. The summed E-state index contributed by atoms with van der Waals surface area (Å²) in [5.74, 6) is 1.70. The highest BCUT2D eigenvalue weighted by molar-refractivity contribution is 5.78. The van der Waals surface area contributed by atoms with Gasteiger partial charge in [0.1, 0.15) is 5.78 Å². The Morgan fingerprint density at radius 3 is 2.44 bits per heavy atom. The second kappa shape index (κ2) is 5.64. The van der Waals surface area contributed by atoms with Gasteiger partial charge in [-0.15, -0.1) is 0 Å². The van der Waals surface area contributed by atoms with Gasteiger partial charge >= 0.3 is 0 Å². The van der Waals surface area contributed by atoms with Gasteiger partial charge < -0.3 is 0 Å². The Morgan fingerprint density at radius 1 is 1.22 bits per heavy atom. The van der Waals surface area contributed by atoms with Gasteiger partial charge in [-0.25, -0.2) is 0 Å². The fourth-order valence-electron chi connectivity index (χ4n) is 2.81. The largest absolute Gasteiger partial charge is 0.300 e. The maximum absolute atomic E-state index is 11.4. The summed E-state index contributed by atoms with van der Waals surface area (Å²) in [6, 6.07) is 6.37. The smallest absolute Gasteiger partial charge is 0.132 e. The van der Waals surface area contributed by atoms with Crippen molar-refractivity contribution in [3.8, 4) is 0 Å². The molecule has 1 heterocycles. The van der Waals surface area contributed by atoms with Crippen LogP contribution in [-0.4, -0.2) is 10.8 Å². The van der Waals surface area contributed by atoms with E-state index in [0.29, 0.717) is 23.5 Å². The zero-order valence-electron chi connectivity index (χ0n) is 11.6. The van der Waals surface area contributed by atoms with Crippen molar-refractivity contribution in [1.82, 2.24) is 4.98 Å². The molecule has 0 spiro atoms. The zero-order chi connectivity index (χ0) is 13.1. The van der Waals surface area contributed by atoms with Crippen LogP contribution in [0.25, 0.3) is 0 Å². The topological polar surface area (TPSA) is 30.0 Å². The molecule has 1 aromatic rings. The molecule has 0 N–H and O–H groups in total. The Labute approximate surface area is 110 Å². The normalized spacial score (nSPS) is 24.2. The van der Waals surface area contributed by atoms with E-state index in [1.54, 1.807) is 6.92 Å². The summed E-state index contributed by atoms with van der Waals surface area (Å²) in [5.41, 5.74) is 2.41. The SMILES string of the molecule is CC(=O)[C@H]1CC[C@H](c2cccc(C(C)C)n2)CC1. The molecule has 0 atom stereocenters. The molecular weight excluding hydrogens is 222 g/mol. The van der Waals surface area contributed by atoms with Crippen molar-refractivity contribution in [3.63, 3.8) is 0 Å². The van der Waals surface area contributed by atoms with Crippen LogP contribution in [0.3, 0.4) is 0 Å². The van der Waals surface area contributed by atoms with E-state index in [2.05, 4.69) is 32.0 Å². The minimum atomic E-state index is 0.300. The van der Waals surface area contributed by atoms with Crippen molar-refractivity contribution >= 4 is 5.78 Å². The number of hydrogen-bond donors (Lipinski definition) is 0. The molecular formula is C16H23NO. The van der Waals surface area contributed by atoms with Gasteiger partial charge in [0.15, 0.2) is 0 Å². The van der Waals surface area contributed by atoms with E-state index in [1.807, 2.05) is 0 Å². The highest BCUT2D eigenvalue weighted by Gasteiger charge is 2.25. The number of carbonyl (C=O) groups excluding carboxylic acids is 1. The Morgan fingerprint density at radius 2 is 1.89 bits per heavy atom. The Balaban J connectivity index is 2.05. The van der Waals surface area contributed by atoms with Crippen LogP contribution in [0.1, 0.15) is 69.7 Å². The van der Waals surface area contributed by atoms with E-state index in [-0.39, 0.29) is 0 Å². The van der Waals surface area contributed by atoms with E-state index < -0.39 is 0 Å². The quantitative estimate of drug-likeness (QED) is 0.803. The first-order valence-corrected chi connectivity index (χ1v) is 7.05. The number of nitrogens with zero attached hydrogens (tertiary/aromatic N) is 1. The van der Waals surface area contributed by atoms with Crippen molar-refractivity contribution < 1.29 is 4.79 Å². The molecule has 98 valence electrons. The Bertz CT molecular complexity index is 417. The van der Waals surface area contributed by atoms with Gasteiger partial charge in [-0.3, -0.25) is 9.78 Å². The predicted molar refractivity (Wildman–Crippen MR) is 73.7 cm³/mol. The number of Topliss-reactive ketones (excluding diaryl/α,β-unsaturated/α-hetero) is 1. The molecule has 0 saturated heterocycles. The molecule has 18 heavy (non-hydrogen) atoms. The lowest BCUT2D eigenvalue weighted by molar-refractivity contribution is -0.121. The predicted octanol–water partition coefficient (Wildman–Crippen LogP) is 4.07. The van der Waals surface area contributed by atoms with Gasteiger partial charge in [0, 0.05) is 23.2 Å². The second-order valence-electron chi connectivity index (χ2n) is 5.80. The minimum Gasteiger partial charge on any atom is -0.300 e. The van der Waals surface area contributed by atoms with Gasteiger partial charge in [0.05, 0.1) is 0 Å². The summed E-state index contributed by atoms with van der Waals surface area (Å²) >= 11 is 0. The molecule has 0 amide bonds. The maximum atomic E-state index is 11.4. The molecule has 1 fully saturated rings. The number of ketones is 1. The second-order valence-corrected chi connectivity index (χ2v) is 5.80. The lowest BCUT2D eigenvalue weighted by atomic mass is 9.79. The molecule has 2 nitrogen and oxygen atoms in total. The van der Waals surface area contributed by atoms with Crippen LogP contribution in [0.2, 0.25) is 0 Å². The summed E-state index contributed by atoms with van der Waals surface area (Å²) in [4.78, 5) is 16.2. The summed E-state index contributed by atoms with van der Waals surface area (Å²) in [7, 11) is 0. The van der Waals surface area contributed by atoms with Gasteiger partial charge in [0.2, 0.25) is 0 Å². The first-order chi connectivity index (χ1) is 8.58. The van der Waals surface area contributed by atoms with Gasteiger partial charge in [-0.2, -0.15) is 0 Å². The fourth-order valence-corrected chi connectivity index (χ4v) is 2.81. The first-order valence-electron chi connectivity index (χ1n) is 7.05. The summed E-state index contributed by atoms with van der Waals surface area (Å²) < 4.78 is 0. The molecule has 0 aliphatic heterocycles. The molecule has 0 bridgehead atoms. The number of carbonyl (C=O) groups is 1. The van der Waals surface area contributed by atoms with E-state index >= 15 is 0 Å². The Kier molecular flexibility index (Phi) is 4.15. The third kappa shape index (κ3) is 2.98. The van der Waals surface area contributed by atoms with Crippen molar-refractivity contribution in [2.45, 2.75) is 58.3 Å². The van der Waals surface area contributed by atoms with E-state index in [4.69, 9.17) is 4.98 Å². The molecule has 2 rings (SSSR count). The monoisotopic (exact) mass is 245 g/mol. The standard InChI is InChI=1S/C16H23NO/c1-11(2)15-5-4-6-16(17-15)14-9-7-13(8-10-14)12(3)18/h4-6,11,13-14H,7-10H2,1-3H3/t13-,14-. The van der Waals surface area contributed by atoms with Crippen molar-refractivity contribution in [2.75, 3.05) is 0 Å². The number of pyridine rings is 1. The van der Waals surface area contributed by atoms with E-state index in [9.17, 15) is 4.79 Å². The minimum absolute atomic E-state index is 0.300. The fraction of sp³-hybridized carbons (Fsp3) is 0.625. The summed E-state index contributed by atoms with van der Waals surface area (Å²) in [6.07, 6.45) is 4.29. The van der Waals surface area contributed by atoms with Crippen LogP contribution in [0.15, 0.2) is 18.2 Å². The molecule has 0 radical (unpaired) electrons. The highest BCUT2D eigenvalue weighted by Crippen LogP contribution is 2.35. The van der Waals surface area contributed by atoms with Crippen LogP contribution in [-0.2, 0) is 4.79 Å². The summed E-state index contributed by atoms with van der Waals surface area (Å²) in [6.45, 7) is 6.08. The number of aromatic nitrogens is 1. The lowest BCUT2D eigenvalue weighted by Crippen LogP contribution is -2.19. The molecule has 1 aliphatic rings. The number of rotatable bonds is 3. The van der Waals surface area contributed by atoms with E-state index in [0.717, 1.165) is 25.7 Å². The van der Waals surface area contributed by atoms with E-state index in [1.165, 1.54) is 11.4 Å². The van der Waals surface area contributed by atoms with Gasteiger partial charge in [0.25, 0.3) is 0 Å². The van der Waals surface area contributed by atoms with Crippen LogP contribution >= 0.6 is 0 Å².